The third kappa shape index (κ3) is 2.48. The number of pyridine rings is 1. The number of hydrogen-bond acceptors (Lipinski definition) is 2. The van der Waals surface area contributed by atoms with Gasteiger partial charge in [-0.2, -0.15) is 0 Å². The first-order chi connectivity index (χ1) is 19.8. The van der Waals surface area contributed by atoms with E-state index < -0.39 is 0 Å². The fourth-order valence-corrected chi connectivity index (χ4v) is 6.93. The Bertz CT molecular complexity index is 2650. The molecule has 0 fully saturated rings. The minimum Gasteiger partial charge on any atom is -0.454 e. The van der Waals surface area contributed by atoms with Crippen molar-refractivity contribution in [2.24, 2.45) is 0 Å². The predicted octanol–water partition coefficient (Wildman–Crippen LogP) is 10.1. The minimum absolute atomic E-state index is 0.899. The van der Waals surface area contributed by atoms with Crippen LogP contribution < -0.4 is 0 Å². The number of benzene rings is 6. The van der Waals surface area contributed by atoms with Crippen LogP contribution in [0.1, 0.15) is 0 Å². The minimum atomic E-state index is 0.899. The molecular weight excluding hydrogens is 488 g/mol. The van der Waals surface area contributed by atoms with E-state index in [0.29, 0.717) is 0 Å². The van der Waals surface area contributed by atoms with Crippen LogP contribution in [-0.4, -0.2) is 9.38 Å². The maximum Gasteiger partial charge on any atom is 0.160 e. The number of para-hydroxylation sites is 2. The first-order valence-electron chi connectivity index (χ1n) is 13.6. The first-order valence-corrected chi connectivity index (χ1v) is 13.6. The van der Waals surface area contributed by atoms with Gasteiger partial charge >= 0.3 is 0 Å². The summed E-state index contributed by atoms with van der Waals surface area (Å²) >= 11 is 0. The molecule has 0 aliphatic rings. The van der Waals surface area contributed by atoms with Crippen LogP contribution in [-0.2, 0) is 0 Å². The van der Waals surface area contributed by atoms with Gasteiger partial charge in [0.15, 0.2) is 5.58 Å². The van der Waals surface area contributed by atoms with Crippen molar-refractivity contribution in [2.75, 3.05) is 0 Å². The maximum absolute atomic E-state index is 6.79. The first kappa shape index (κ1) is 20.5. The van der Waals surface area contributed by atoms with Crippen LogP contribution in [0.4, 0.5) is 0 Å². The predicted molar refractivity (Wildman–Crippen MR) is 167 cm³/mol. The number of hydrogen-bond donors (Lipinski definition) is 0. The molecule has 0 unspecified atom stereocenters. The largest absolute Gasteiger partial charge is 0.454 e. The molecule has 3 nitrogen and oxygen atoms in total. The van der Waals surface area contributed by atoms with Gasteiger partial charge in [0, 0.05) is 37.7 Å². The molecule has 0 amide bonds. The Balaban J connectivity index is 1.34. The zero-order chi connectivity index (χ0) is 25.9. The highest BCUT2D eigenvalue weighted by Gasteiger charge is 2.22. The van der Waals surface area contributed by atoms with Crippen molar-refractivity contribution in [1.29, 1.82) is 0 Å². The lowest BCUT2D eigenvalue weighted by atomic mass is 9.97. The van der Waals surface area contributed by atoms with Crippen LogP contribution >= 0.6 is 0 Å². The summed E-state index contributed by atoms with van der Waals surface area (Å²) < 4.78 is 9.12. The zero-order valence-electron chi connectivity index (χ0n) is 21.3. The summed E-state index contributed by atoms with van der Waals surface area (Å²) in [5, 5.41) is 10.7. The SMILES string of the molecule is c1ccc2nc3c(cc2c1)c1cccc2c4ccc5c6ccc(-c7cccc8ccccc78)cc6oc5c4n3c12. The third-order valence-corrected chi connectivity index (χ3v) is 8.70. The van der Waals surface area contributed by atoms with Crippen molar-refractivity contribution >= 4 is 81.8 Å². The van der Waals surface area contributed by atoms with E-state index >= 15 is 0 Å². The molecule has 4 aromatic heterocycles. The van der Waals surface area contributed by atoms with Gasteiger partial charge in [-0.25, -0.2) is 4.98 Å². The van der Waals surface area contributed by atoms with E-state index in [1.165, 1.54) is 43.4 Å². The Morgan fingerprint density at radius 2 is 1.20 bits per heavy atom. The Hall–Kier alpha value is -5.41. The smallest absolute Gasteiger partial charge is 0.160 e. The maximum atomic E-state index is 6.79. The van der Waals surface area contributed by atoms with Crippen molar-refractivity contribution < 1.29 is 4.42 Å². The molecule has 40 heavy (non-hydrogen) atoms. The molecule has 0 N–H and O–H groups in total. The summed E-state index contributed by atoms with van der Waals surface area (Å²) in [5.41, 5.74) is 8.45. The van der Waals surface area contributed by atoms with Crippen molar-refractivity contribution in [2.45, 2.75) is 0 Å². The van der Waals surface area contributed by atoms with E-state index in [1.807, 2.05) is 0 Å². The van der Waals surface area contributed by atoms with Crippen molar-refractivity contribution in [3.05, 3.63) is 121 Å². The summed E-state index contributed by atoms with van der Waals surface area (Å²) in [6.45, 7) is 0. The summed E-state index contributed by atoms with van der Waals surface area (Å²) in [5.74, 6) is 0. The summed E-state index contributed by atoms with van der Waals surface area (Å²) in [7, 11) is 0. The molecule has 10 aromatic rings. The fourth-order valence-electron chi connectivity index (χ4n) is 6.93. The molecular formula is C37H20N2O. The van der Waals surface area contributed by atoms with Crippen LogP contribution in [0.15, 0.2) is 126 Å². The van der Waals surface area contributed by atoms with E-state index in [2.05, 4.69) is 126 Å². The lowest BCUT2D eigenvalue weighted by molar-refractivity contribution is 0.671. The molecule has 0 saturated carbocycles. The lowest BCUT2D eigenvalue weighted by Gasteiger charge is -2.06. The second-order valence-corrected chi connectivity index (χ2v) is 10.8. The number of rotatable bonds is 1. The molecule has 0 atom stereocenters. The molecule has 0 aliphatic heterocycles. The van der Waals surface area contributed by atoms with Gasteiger partial charge in [0.25, 0.3) is 0 Å². The zero-order valence-corrected chi connectivity index (χ0v) is 21.3. The monoisotopic (exact) mass is 508 g/mol. The van der Waals surface area contributed by atoms with Crippen molar-refractivity contribution in [3.8, 4) is 11.1 Å². The molecule has 0 spiro atoms. The number of nitrogens with zero attached hydrogens (tertiary/aromatic N) is 2. The third-order valence-electron chi connectivity index (χ3n) is 8.70. The van der Waals surface area contributed by atoms with Crippen LogP contribution in [0.3, 0.4) is 0 Å². The molecule has 0 aliphatic carbocycles. The standard InChI is InChI=1S/C37H20N2O/c1-3-10-24-21(7-1)9-5-11-25(24)22-15-16-26-30-18-17-29-27-12-6-13-28-31-19-23-8-2-4-14-32(23)38-37(31)39(34(27)28)35(29)36(30)40-33(26)20-22/h1-20H. The van der Waals surface area contributed by atoms with Gasteiger partial charge < -0.3 is 4.42 Å². The molecule has 3 heteroatoms. The Morgan fingerprint density at radius 3 is 2.15 bits per heavy atom. The molecule has 0 bridgehead atoms. The van der Waals surface area contributed by atoms with E-state index in [9.17, 15) is 0 Å². The van der Waals surface area contributed by atoms with Crippen LogP contribution in [0.25, 0.3) is 93.0 Å². The average Bonchev–Trinajstić information content (AvgIpc) is 3.66. The number of fused-ring (bicyclic) bond motifs is 12. The van der Waals surface area contributed by atoms with Gasteiger partial charge in [-0.3, -0.25) is 4.40 Å². The molecule has 10 rings (SSSR count). The molecule has 0 radical (unpaired) electrons. The summed E-state index contributed by atoms with van der Waals surface area (Å²) in [4.78, 5) is 5.18. The Morgan fingerprint density at radius 1 is 0.500 bits per heavy atom. The van der Waals surface area contributed by atoms with Gasteiger partial charge in [-0.1, -0.05) is 91.0 Å². The van der Waals surface area contributed by atoms with Crippen LogP contribution in [0, 0.1) is 0 Å². The average molecular weight is 509 g/mol. The van der Waals surface area contributed by atoms with E-state index in [4.69, 9.17) is 9.40 Å². The van der Waals surface area contributed by atoms with Gasteiger partial charge in [-0.15, -0.1) is 0 Å². The van der Waals surface area contributed by atoms with Gasteiger partial charge in [0.1, 0.15) is 11.2 Å². The van der Waals surface area contributed by atoms with E-state index in [-0.39, 0.29) is 0 Å². The highest BCUT2D eigenvalue weighted by atomic mass is 16.3. The lowest BCUT2D eigenvalue weighted by Crippen LogP contribution is -1.86. The molecule has 6 aromatic carbocycles. The van der Waals surface area contributed by atoms with Crippen molar-refractivity contribution in [3.63, 3.8) is 0 Å². The van der Waals surface area contributed by atoms with Crippen molar-refractivity contribution in [1.82, 2.24) is 9.38 Å². The number of furan rings is 1. The Kier molecular flexibility index (Phi) is 3.68. The molecule has 0 saturated heterocycles. The Labute approximate surface area is 227 Å². The van der Waals surface area contributed by atoms with Crippen LogP contribution in [0.2, 0.25) is 0 Å². The second-order valence-electron chi connectivity index (χ2n) is 10.8. The summed E-state index contributed by atoms with van der Waals surface area (Å²) in [6.07, 6.45) is 0. The fraction of sp³-hybridized carbons (Fsp3) is 0. The normalized spacial score (nSPS) is 12.5. The van der Waals surface area contributed by atoms with E-state index in [1.54, 1.807) is 0 Å². The highest BCUT2D eigenvalue weighted by molar-refractivity contribution is 6.28. The molecule has 184 valence electrons. The number of aromatic nitrogens is 2. The molecule has 4 heterocycles. The topological polar surface area (TPSA) is 30.4 Å². The van der Waals surface area contributed by atoms with Gasteiger partial charge in [0.05, 0.1) is 16.6 Å². The highest BCUT2D eigenvalue weighted by Crippen LogP contribution is 2.44. The van der Waals surface area contributed by atoms with Crippen LogP contribution in [0.5, 0.6) is 0 Å². The second kappa shape index (κ2) is 7.16. The van der Waals surface area contributed by atoms with Gasteiger partial charge in [-0.05, 0) is 52.2 Å². The van der Waals surface area contributed by atoms with E-state index in [0.717, 1.165) is 49.6 Å². The summed E-state index contributed by atoms with van der Waals surface area (Å²) in [6, 6.07) is 43.4. The van der Waals surface area contributed by atoms with Gasteiger partial charge in [0.2, 0.25) is 0 Å². The quantitative estimate of drug-likeness (QED) is 0.221.